The van der Waals surface area contributed by atoms with Gasteiger partial charge in [-0.2, -0.15) is 8.78 Å². The summed E-state index contributed by atoms with van der Waals surface area (Å²) in [5.41, 5.74) is 1.60. The SMILES string of the molecule is COC(=O)NC(=O)CN[C@H](c1ccccc1)c1ccc(OC(F)F)cc1. The molecule has 0 aromatic heterocycles. The predicted molar refractivity (Wildman–Crippen MR) is 89.9 cm³/mol. The average Bonchev–Trinajstić information content (AvgIpc) is 2.63. The first-order valence-electron chi connectivity index (χ1n) is 7.70. The second-order valence-electron chi connectivity index (χ2n) is 5.21. The topological polar surface area (TPSA) is 76.7 Å². The molecule has 0 bridgehead atoms. The van der Waals surface area contributed by atoms with Crippen LogP contribution in [0.5, 0.6) is 5.75 Å². The zero-order valence-electron chi connectivity index (χ0n) is 13.9. The number of methoxy groups -OCH3 is 1. The van der Waals surface area contributed by atoms with Crippen LogP contribution in [0.1, 0.15) is 17.2 Å². The van der Waals surface area contributed by atoms with Crippen LogP contribution in [0, 0.1) is 0 Å². The third-order valence-electron chi connectivity index (χ3n) is 3.47. The molecule has 2 N–H and O–H groups in total. The van der Waals surface area contributed by atoms with Gasteiger partial charge < -0.3 is 9.47 Å². The minimum Gasteiger partial charge on any atom is -0.453 e. The molecule has 0 spiro atoms. The largest absolute Gasteiger partial charge is 0.453 e. The lowest BCUT2D eigenvalue weighted by Crippen LogP contribution is -2.39. The van der Waals surface area contributed by atoms with Crippen molar-refractivity contribution in [1.82, 2.24) is 10.6 Å². The minimum atomic E-state index is -2.90. The Bertz CT molecular complexity index is 724. The highest BCUT2D eigenvalue weighted by atomic mass is 19.3. The van der Waals surface area contributed by atoms with Crippen LogP contribution in [-0.4, -0.2) is 32.3 Å². The van der Waals surface area contributed by atoms with Crippen LogP contribution in [0.15, 0.2) is 54.6 Å². The van der Waals surface area contributed by atoms with Crippen LogP contribution in [0.3, 0.4) is 0 Å². The molecule has 0 radical (unpaired) electrons. The van der Waals surface area contributed by atoms with E-state index < -0.39 is 18.6 Å². The van der Waals surface area contributed by atoms with Gasteiger partial charge in [0.25, 0.3) is 0 Å². The summed E-state index contributed by atoms with van der Waals surface area (Å²) in [5.74, 6) is -0.519. The normalized spacial score (nSPS) is 11.7. The lowest BCUT2D eigenvalue weighted by molar-refractivity contribution is -0.119. The molecule has 1 atom stereocenters. The Morgan fingerprint density at radius 3 is 2.19 bits per heavy atom. The maximum atomic E-state index is 12.3. The Balaban J connectivity index is 2.14. The standard InChI is InChI=1S/C18H18F2N2O4/c1-25-18(24)22-15(23)11-21-16(12-5-3-2-4-6-12)13-7-9-14(10-8-13)26-17(19)20/h2-10,16-17,21H,11H2,1H3,(H,22,23,24)/t16-/m1/s1. The lowest BCUT2D eigenvalue weighted by Gasteiger charge is -2.20. The van der Waals surface area contributed by atoms with Gasteiger partial charge in [0.15, 0.2) is 0 Å². The van der Waals surface area contributed by atoms with E-state index in [1.807, 2.05) is 30.3 Å². The van der Waals surface area contributed by atoms with Crippen LogP contribution in [0.25, 0.3) is 0 Å². The molecule has 2 aromatic carbocycles. The molecule has 2 rings (SSSR count). The van der Waals surface area contributed by atoms with Gasteiger partial charge in [0.2, 0.25) is 5.91 Å². The molecule has 0 heterocycles. The fourth-order valence-electron chi connectivity index (χ4n) is 2.32. The highest BCUT2D eigenvalue weighted by Crippen LogP contribution is 2.24. The Hall–Kier alpha value is -3.00. The molecule has 0 aliphatic rings. The van der Waals surface area contributed by atoms with Gasteiger partial charge in [0.1, 0.15) is 5.75 Å². The van der Waals surface area contributed by atoms with Gasteiger partial charge in [-0.25, -0.2) is 4.79 Å². The van der Waals surface area contributed by atoms with Gasteiger partial charge in [-0.3, -0.25) is 15.4 Å². The molecule has 2 aromatic rings. The molecule has 138 valence electrons. The molecular formula is C18H18F2N2O4. The van der Waals surface area contributed by atoms with Gasteiger partial charge >= 0.3 is 12.7 Å². The number of imide groups is 1. The fourth-order valence-corrected chi connectivity index (χ4v) is 2.32. The molecule has 8 heteroatoms. The van der Waals surface area contributed by atoms with E-state index in [1.165, 1.54) is 12.1 Å². The summed E-state index contributed by atoms with van der Waals surface area (Å²) in [4.78, 5) is 22.9. The molecule has 0 saturated carbocycles. The van der Waals surface area contributed by atoms with Crippen molar-refractivity contribution >= 4 is 12.0 Å². The van der Waals surface area contributed by atoms with Gasteiger partial charge in [-0.1, -0.05) is 42.5 Å². The summed E-state index contributed by atoms with van der Waals surface area (Å²) < 4.78 is 33.2. The van der Waals surface area contributed by atoms with Gasteiger partial charge in [0.05, 0.1) is 19.7 Å². The highest BCUT2D eigenvalue weighted by Gasteiger charge is 2.16. The second-order valence-corrected chi connectivity index (χ2v) is 5.21. The maximum Gasteiger partial charge on any atom is 0.413 e. The zero-order chi connectivity index (χ0) is 18.9. The summed E-state index contributed by atoms with van der Waals surface area (Å²) >= 11 is 0. The zero-order valence-corrected chi connectivity index (χ0v) is 13.9. The van der Waals surface area contributed by atoms with E-state index >= 15 is 0 Å². The molecule has 6 nitrogen and oxygen atoms in total. The van der Waals surface area contributed by atoms with E-state index in [2.05, 4.69) is 20.1 Å². The first-order valence-corrected chi connectivity index (χ1v) is 7.70. The Kier molecular flexibility index (Phi) is 7.04. The fraction of sp³-hybridized carbons (Fsp3) is 0.222. The van der Waals surface area contributed by atoms with E-state index in [0.717, 1.165) is 18.2 Å². The van der Waals surface area contributed by atoms with Gasteiger partial charge in [-0.15, -0.1) is 0 Å². The monoisotopic (exact) mass is 364 g/mol. The van der Waals surface area contributed by atoms with Crippen LogP contribution < -0.4 is 15.4 Å². The molecule has 0 fully saturated rings. The number of benzene rings is 2. The van der Waals surface area contributed by atoms with Crippen molar-refractivity contribution in [2.75, 3.05) is 13.7 Å². The Morgan fingerprint density at radius 1 is 1.00 bits per heavy atom. The van der Waals surface area contributed by atoms with Crippen molar-refractivity contribution in [3.63, 3.8) is 0 Å². The molecule has 0 saturated heterocycles. The quantitative estimate of drug-likeness (QED) is 0.790. The number of halogens is 2. The first kappa shape index (κ1) is 19.3. The van der Waals surface area contributed by atoms with Crippen molar-refractivity contribution in [3.05, 3.63) is 65.7 Å². The van der Waals surface area contributed by atoms with Crippen LogP contribution in [-0.2, 0) is 9.53 Å². The summed E-state index contributed by atoms with van der Waals surface area (Å²) in [6.45, 7) is -3.05. The number of rotatable bonds is 7. The van der Waals surface area contributed by atoms with Crippen molar-refractivity contribution in [2.24, 2.45) is 0 Å². The first-order chi connectivity index (χ1) is 12.5. The molecule has 26 heavy (non-hydrogen) atoms. The lowest BCUT2D eigenvalue weighted by atomic mass is 9.98. The summed E-state index contributed by atoms with van der Waals surface area (Å²) in [6, 6.07) is 15.0. The molecule has 0 aliphatic carbocycles. The number of carbonyl (C=O) groups excluding carboxylic acids is 2. The van der Waals surface area contributed by atoms with Gasteiger partial charge in [-0.05, 0) is 23.3 Å². The number of ether oxygens (including phenoxy) is 2. The Morgan fingerprint density at radius 2 is 1.62 bits per heavy atom. The van der Waals surface area contributed by atoms with E-state index in [-0.39, 0.29) is 18.3 Å². The van der Waals surface area contributed by atoms with E-state index in [1.54, 1.807) is 12.1 Å². The van der Waals surface area contributed by atoms with E-state index in [4.69, 9.17) is 0 Å². The van der Waals surface area contributed by atoms with Crippen LogP contribution in [0.2, 0.25) is 0 Å². The van der Waals surface area contributed by atoms with Gasteiger partial charge in [0, 0.05) is 0 Å². The number of hydrogen-bond acceptors (Lipinski definition) is 5. The summed E-state index contributed by atoms with van der Waals surface area (Å²) in [5, 5.41) is 5.09. The number of carbonyl (C=O) groups is 2. The number of amides is 2. The highest BCUT2D eigenvalue weighted by molar-refractivity contribution is 5.92. The molecule has 2 amide bonds. The maximum absolute atomic E-state index is 12.3. The van der Waals surface area contributed by atoms with E-state index in [0.29, 0.717) is 0 Å². The van der Waals surface area contributed by atoms with Crippen molar-refractivity contribution < 1.29 is 27.8 Å². The number of nitrogens with one attached hydrogen (secondary N) is 2. The number of alkyl halides is 2. The summed E-state index contributed by atoms with van der Waals surface area (Å²) in [6.07, 6.45) is -0.846. The van der Waals surface area contributed by atoms with E-state index in [9.17, 15) is 18.4 Å². The Labute approximate surface area is 149 Å². The third-order valence-corrected chi connectivity index (χ3v) is 3.47. The van der Waals surface area contributed by atoms with Crippen LogP contribution in [0.4, 0.5) is 13.6 Å². The average molecular weight is 364 g/mol. The minimum absolute atomic E-state index is 0.0407. The van der Waals surface area contributed by atoms with Crippen molar-refractivity contribution in [3.8, 4) is 5.75 Å². The third kappa shape index (κ3) is 5.82. The van der Waals surface area contributed by atoms with Crippen molar-refractivity contribution in [1.29, 1.82) is 0 Å². The smallest absolute Gasteiger partial charge is 0.413 e. The predicted octanol–water partition coefficient (Wildman–Crippen LogP) is 2.85. The number of alkyl carbamates (subject to hydrolysis) is 1. The van der Waals surface area contributed by atoms with Crippen LogP contribution >= 0.6 is 0 Å². The second kappa shape index (κ2) is 9.47. The molecule has 0 aliphatic heterocycles. The molecule has 0 unspecified atom stereocenters. The number of hydrogen-bond donors (Lipinski definition) is 2. The molecular weight excluding hydrogens is 346 g/mol. The van der Waals surface area contributed by atoms with Crippen molar-refractivity contribution in [2.45, 2.75) is 12.7 Å². The summed E-state index contributed by atoms with van der Waals surface area (Å²) in [7, 11) is 1.16.